The molecule has 2 aliphatic rings. The molecule has 1 amide bonds. The third kappa shape index (κ3) is 2.73. The highest BCUT2D eigenvalue weighted by atomic mass is 16.5. The Balaban J connectivity index is 1.54. The molecule has 0 saturated carbocycles. The molecule has 1 atom stereocenters. The Kier molecular flexibility index (Phi) is 4.10. The van der Waals surface area contributed by atoms with Crippen LogP contribution in [0.5, 0.6) is 0 Å². The van der Waals surface area contributed by atoms with Gasteiger partial charge in [-0.25, -0.2) is 0 Å². The van der Waals surface area contributed by atoms with Crippen molar-refractivity contribution in [3.8, 4) is 0 Å². The van der Waals surface area contributed by atoms with Gasteiger partial charge in [0.15, 0.2) is 0 Å². The van der Waals surface area contributed by atoms with E-state index in [1.807, 2.05) is 35.1 Å². The Morgan fingerprint density at radius 3 is 2.79 bits per heavy atom. The summed E-state index contributed by atoms with van der Waals surface area (Å²) >= 11 is 0. The molecule has 0 spiro atoms. The standard InChI is InChI=1S/C19H23N3O2/c23-18(21-16-7-11-22-17(14-16)6-10-20-22)19(8-12-24-13-9-19)15-4-2-1-3-5-15/h1-6,10,16H,7-9,11-14H2,(H,21,23)/t16-/m0/s1. The van der Waals surface area contributed by atoms with E-state index in [0.29, 0.717) is 13.2 Å². The summed E-state index contributed by atoms with van der Waals surface area (Å²) in [5, 5.41) is 7.63. The number of nitrogens with zero attached hydrogens (tertiary/aromatic N) is 2. The molecule has 1 aromatic carbocycles. The molecule has 3 heterocycles. The molecule has 1 fully saturated rings. The Morgan fingerprint density at radius 2 is 2.00 bits per heavy atom. The van der Waals surface area contributed by atoms with E-state index in [9.17, 15) is 4.79 Å². The summed E-state index contributed by atoms with van der Waals surface area (Å²) in [6.45, 7) is 2.15. The van der Waals surface area contributed by atoms with Crippen LogP contribution in [0.25, 0.3) is 0 Å². The second-order valence-corrected chi connectivity index (χ2v) is 6.77. The smallest absolute Gasteiger partial charge is 0.231 e. The molecule has 24 heavy (non-hydrogen) atoms. The number of hydrogen-bond acceptors (Lipinski definition) is 3. The molecule has 0 radical (unpaired) electrons. The number of nitrogens with one attached hydrogen (secondary N) is 1. The Morgan fingerprint density at radius 1 is 1.21 bits per heavy atom. The number of carbonyl (C=O) groups is 1. The Bertz CT molecular complexity index is 704. The number of aromatic nitrogens is 2. The maximum absolute atomic E-state index is 13.2. The largest absolute Gasteiger partial charge is 0.381 e. The average Bonchev–Trinajstić information content (AvgIpc) is 3.11. The van der Waals surface area contributed by atoms with Crippen LogP contribution >= 0.6 is 0 Å². The normalized spacial score (nSPS) is 22.6. The SMILES string of the molecule is O=C(N[C@H]1CCn2nccc2C1)C1(c2ccccc2)CCOCC1. The van der Waals surface area contributed by atoms with Crippen LogP contribution in [-0.4, -0.2) is 34.9 Å². The van der Waals surface area contributed by atoms with Crippen LogP contribution in [0, 0.1) is 0 Å². The molecular weight excluding hydrogens is 302 g/mol. The zero-order valence-corrected chi connectivity index (χ0v) is 13.8. The molecule has 5 nitrogen and oxygen atoms in total. The van der Waals surface area contributed by atoms with Gasteiger partial charge in [0.2, 0.25) is 5.91 Å². The van der Waals surface area contributed by atoms with Crippen molar-refractivity contribution in [2.24, 2.45) is 0 Å². The second kappa shape index (κ2) is 6.40. The quantitative estimate of drug-likeness (QED) is 0.940. The fourth-order valence-corrected chi connectivity index (χ4v) is 3.94. The van der Waals surface area contributed by atoms with E-state index in [1.165, 1.54) is 5.69 Å². The van der Waals surface area contributed by atoms with E-state index < -0.39 is 5.41 Å². The van der Waals surface area contributed by atoms with Gasteiger partial charge in [-0.1, -0.05) is 30.3 Å². The highest BCUT2D eigenvalue weighted by molar-refractivity contribution is 5.88. The topological polar surface area (TPSA) is 56.2 Å². The number of rotatable bonds is 3. The summed E-state index contributed by atoms with van der Waals surface area (Å²) in [7, 11) is 0. The second-order valence-electron chi connectivity index (χ2n) is 6.77. The first kappa shape index (κ1) is 15.4. The number of benzene rings is 1. The fourth-order valence-electron chi connectivity index (χ4n) is 3.94. The van der Waals surface area contributed by atoms with Gasteiger partial charge in [0.1, 0.15) is 0 Å². The summed E-state index contributed by atoms with van der Waals surface area (Å²) < 4.78 is 7.56. The van der Waals surface area contributed by atoms with E-state index >= 15 is 0 Å². The van der Waals surface area contributed by atoms with Crippen LogP contribution in [-0.2, 0) is 27.9 Å². The minimum Gasteiger partial charge on any atom is -0.381 e. The molecule has 0 bridgehead atoms. The van der Waals surface area contributed by atoms with Crippen molar-refractivity contribution in [1.82, 2.24) is 15.1 Å². The molecular formula is C19H23N3O2. The summed E-state index contributed by atoms with van der Waals surface area (Å²) in [6.07, 6.45) is 5.11. The number of fused-ring (bicyclic) bond motifs is 1. The van der Waals surface area contributed by atoms with Gasteiger partial charge in [-0.3, -0.25) is 9.48 Å². The molecule has 4 rings (SSSR count). The van der Waals surface area contributed by atoms with E-state index in [1.54, 1.807) is 0 Å². The summed E-state index contributed by atoms with van der Waals surface area (Å²) in [6, 6.07) is 12.4. The van der Waals surface area contributed by atoms with Gasteiger partial charge in [-0.05, 0) is 30.9 Å². The molecule has 1 saturated heterocycles. The van der Waals surface area contributed by atoms with Gasteiger partial charge in [0.25, 0.3) is 0 Å². The molecule has 2 aromatic rings. The maximum atomic E-state index is 13.2. The molecule has 1 N–H and O–H groups in total. The highest BCUT2D eigenvalue weighted by Gasteiger charge is 2.42. The van der Waals surface area contributed by atoms with Crippen LogP contribution in [0.1, 0.15) is 30.5 Å². The van der Waals surface area contributed by atoms with Crippen molar-refractivity contribution < 1.29 is 9.53 Å². The van der Waals surface area contributed by atoms with Crippen molar-refractivity contribution in [3.63, 3.8) is 0 Å². The first-order valence-electron chi connectivity index (χ1n) is 8.73. The number of amides is 1. The molecule has 0 unspecified atom stereocenters. The van der Waals surface area contributed by atoms with Crippen LogP contribution < -0.4 is 5.32 Å². The summed E-state index contributed by atoms with van der Waals surface area (Å²) in [5.41, 5.74) is 1.84. The van der Waals surface area contributed by atoms with Crippen molar-refractivity contribution in [1.29, 1.82) is 0 Å². The van der Waals surface area contributed by atoms with Crippen LogP contribution in [0.2, 0.25) is 0 Å². The Labute approximate surface area is 142 Å². The summed E-state index contributed by atoms with van der Waals surface area (Å²) in [4.78, 5) is 13.2. The average molecular weight is 325 g/mol. The lowest BCUT2D eigenvalue weighted by atomic mass is 9.73. The predicted octanol–water partition coefficient (Wildman–Crippen LogP) is 2.06. The van der Waals surface area contributed by atoms with E-state index in [-0.39, 0.29) is 11.9 Å². The predicted molar refractivity (Wildman–Crippen MR) is 90.7 cm³/mol. The monoisotopic (exact) mass is 325 g/mol. The van der Waals surface area contributed by atoms with Crippen molar-refractivity contribution in [2.75, 3.05) is 13.2 Å². The third-order valence-electron chi connectivity index (χ3n) is 5.39. The van der Waals surface area contributed by atoms with Gasteiger partial charge < -0.3 is 10.1 Å². The lowest BCUT2D eigenvalue weighted by Gasteiger charge is -2.38. The van der Waals surface area contributed by atoms with Crippen molar-refractivity contribution >= 4 is 5.91 Å². The number of ether oxygens (including phenoxy) is 1. The van der Waals surface area contributed by atoms with Crippen LogP contribution in [0.15, 0.2) is 42.6 Å². The zero-order chi connectivity index (χ0) is 16.4. The minimum atomic E-state index is -0.461. The minimum absolute atomic E-state index is 0.148. The lowest BCUT2D eigenvalue weighted by Crippen LogP contribution is -2.52. The fraction of sp³-hybridized carbons (Fsp3) is 0.474. The van der Waals surface area contributed by atoms with Crippen molar-refractivity contribution in [2.45, 2.75) is 43.7 Å². The van der Waals surface area contributed by atoms with E-state index in [0.717, 1.165) is 37.8 Å². The van der Waals surface area contributed by atoms with E-state index in [2.05, 4.69) is 22.5 Å². The van der Waals surface area contributed by atoms with Gasteiger partial charge in [0.05, 0.1) is 5.41 Å². The zero-order valence-electron chi connectivity index (χ0n) is 13.8. The lowest BCUT2D eigenvalue weighted by molar-refractivity contribution is -0.131. The van der Waals surface area contributed by atoms with Gasteiger partial charge >= 0.3 is 0 Å². The first-order valence-corrected chi connectivity index (χ1v) is 8.73. The Hall–Kier alpha value is -2.14. The molecule has 0 aliphatic carbocycles. The highest BCUT2D eigenvalue weighted by Crippen LogP contribution is 2.35. The third-order valence-corrected chi connectivity index (χ3v) is 5.39. The van der Waals surface area contributed by atoms with E-state index in [4.69, 9.17) is 4.74 Å². The molecule has 2 aliphatic heterocycles. The van der Waals surface area contributed by atoms with Crippen LogP contribution in [0.3, 0.4) is 0 Å². The number of carbonyl (C=O) groups excluding carboxylic acids is 1. The van der Waals surface area contributed by atoms with Crippen molar-refractivity contribution in [3.05, 3.63) is 53.9 Å². The number of aryl methyl sites for hydroxylation is 1. The molecule has 5 heteroatoms. The molecule has 126 valence electrons. The first-order chi connectivity index (χ1) is 11.8. The van der Waals surface area contributed by atoms with Crippen LogP contribution in [0.4, 0.5) is 0 Å². The van der Waals surface area contributed by atoms with Gasteiger partial charge in [0, 0.05) is 44.1 Å². The summed E-state index contributed by atoms with van der Waals surface area (Å²) in [5.74, 6) is 0.148. The number of hydrogen-bond donors (Lipinski definition) is 1. The van der Waals surface area contributed by atoms with Gasteiger partial charge in [-0.15, -0.1) is 0 Å². The maximum Gasteiger partial charge on any atom is 0.231 e. The molecule has 1 aromatic heterocycles. The van der Waals surface area contributed by atoms with Gasteiger partial charge in [-0.2, -0.15) is 5.10 Å².